The molecule has 0 unspecified atom stereocenters. The van der Waals surface area contributed by atoms with Crippen molar-refractivity contribution in [1.29, 1.82) is 0 Å². The molecule has 4 heterocycles. The van der Waals surface area contributed by atoms with Crippen molar-refractivity contribution >= 4 is 5.91 Å². The Morgan fingerprint density at radius 1 is 1.11 bits per heavy atom. The van der Waals surface area contributed by atoms with Crippen molar-refractivity contribution in [2.45, 2.75) is 31.7 Å². The van der Waals surface area contributed by atoms with Gasteiger partial charge in [-0.2, -0.15) is 0 Å². The number of nitrogens with zero attached hydrogens (tertiary/aromatic N) is 3. The molecule has 4 nitrogen and oxygen atoms in total. The van der Waals surface area contributed by atoms with E-state index in [1.165, 1.54) is 24.2 Å². The number of hydrogen-bond acceptors (Lipinski definition) is 3. The molecule has 0 spiro atoms. The van der Waals surface area contributed by atoms with Crippen LogP contribution in [0.1, 0.15) is 35.2 Å². The van der Waals surface area contributed by atoms with E-state index in [0.29, 0.717) is 11.5 Å². The first kappa shape index (κ1) is 18.1. The minimum absolute atomic E-state index is 0.0807. The van der Waals surface area contributed by atoms with Crippen molar-refractivity contribution in [3.8, 4) is 0 Å². The van der Waals surface area contributed by atoms with Crippen LogP contribution in [-0.2, 0) is 6.42 Å². The van der Waals surface area contributed by atoms with Gasteiger partial charge in [-0.3, -0.25) is 9.78 Å². The summed E-state index contributed by atoms with van der Waals surface area (Å²) in [6, 6.07) is 12.1. The normalized spacial score (nSPS) is 22.6. The smallest absolute Gasteiger partial charge is 0.255 e. The van der Waals surface area contributed by atoms with E-state index < -0.39 is 5.82 Å². The highest BCUT2D eigenvalue weighted by Gasteiger charge is 2.37. The Bertz CT molecular complexity index is 782. The van der Waals surface area contributed by atoms with Crippen LogP contribution in [0.15, 0.2) is 48.8 Å². The Kier molecular flexibility index (Phi) is 5.48. The fourth-order valence-electron chi connectivity index (χ4n) is 4.46. The molecule has 27 heavy (non-hydrogen) atoms. The number of fused-ring (bicyclic) bond motifs is 4. The molecular formula is C22H26FN3O. The summed E-state index contributed by atoms with van der Waals surface area (Å²) in [4.78, 5) is 21.2. The summed E-state index contributed by atoms with van der Waals surface area (Å²) < 4.78 is 13.5. The molecule has 2 aromatic rings. The van der Waals surface area contributed by atoms with E-state index in [4.69, 9.17) is 0 Å². The Hall–Kier alpha value is -2.27. The number of rotatable bonds is 5. The molecule has 0 radical (unpaired) electrons. The number of pyridine rings is 1. The maximum Gasteiger partial charge on any atom is 0.255 e. The predicted molar refractivity (Wildman–Crippen MR) is 103 cm³/mol. The standard InChI is InChI=1S/C22H26FN3O/c23-20-11-19(12-24-13-20)22(27)26-15-18-8-9-21(26)16-25(14-18)10-4-7-17-5-2-1-3-6-17/h1-3,5-6,11-13,18,21H,4,7-10,14-16H2/t18-,21+/m0/s1. The summed E-state index contributed by atoms with van der Waals surface area (Å²) in [6.45, 7) is 3.80. The van der Waals surface area contributed by atoms with E-state index in [0.717, 1.165) is 51.6 Å². The highest BCUT2D eigenvalue weighted by molar-refractivity contribution is 5.94. The molecule has 0 aliphatic carbocycles. The molecule has 142 valence electrons. The van der Waals surface area contributed by atoms with Crippen molar-refractivity contribution in [3.05, 3.63) is 65.7 Å². The van der Waals surface area contributed by atoms with Gasteiger partial charge in [0.15, 0.2) is 0 Å². The average Bonchev–Trinajstić information content (AvgIpc) is 2.99. The van der Waals surface area contributed by atoms with Crippen LogP contribution in [0.3, 0.4) is 0 Å². The monoisotopic (exact) mass is 367 g/mol. The molecule has 1 aromatic carbocycles. The predicted octanol–water partition coefficient (Wildman–Crippen LogP) is 3.39. The summed E-state index contributed by atoms with van der Waals surface area (Å²) in [5, 5.41) is 0. The zero-order valence-corrected chi connectivity index (χ0v) is 15.6. The number of halogens is 1. The maximum atomic E-state index is 13.5. The van der Waals surface area contributed by atoms with Crippen LogP contribution in [0.5, 0.6) is 0 Å². The first-order chi connectivity index (χ1) is 13.2. The van der Waals surface area contributed by atoms with Crippen molar-refractivity contribution in [1.82, 2.24) is 14.8 Å². The summed E-state index contributed by atoms with van der Waals surface area (Å²) >= 11 is 0. The zero-order valence-electron chi connectivity index (χ0n) is 15.6. The van der Waals surface area contributed by atoms with E-state index in [2.05, 4.69) is 40.2 Å². The lowest BCUT2D eigenvalue weighted by Gasteiger charge is -2.36. The van der Waals surface area contributed by atoms with Crippen LogP contribution < -0.4 is 0 Å². The lowest BCUT2D eigenvalue weighted by molar-refractivity contribution is 0.0584. The topological polar surface area (TPSA) is 36.4 Å². The lowest BCUT2D eigenvalue weighted by Crippen LogP contribution is -2.47. The molecule has 2 bridgehead atoms. The second-order valence-corrected chi connectivity index (χ2v) is 7.80. The van der Waals surface area contributed by atoms with E-state index >= 15 is 0 Å². The quantitative estimate of drug-likeness (QED) is 0.813. The average molecular weight is 367 g/mol. The fraction of sp³-hybridized carbons (Fsp3) is 0.455. The minimum Gasteiger partial charge on any atom is -0.334 e. The van der Waals surface area contributed by atoms with E-state index in [1.807, 2.05) is 4.90 Å². The molecule has 3 aliphatic rings. The Labute approximate surface area is 160 Å². The van der Waals surface area contributed by atoms with Gasteiger partial charge in [-0.25, -0.2) is 4.39 Å². The van der Waals surface area contributed by atoms with Gasteiger partial charge in [-0.15, -0.1) is 0 Å². The lowest BCUT2D eigenvalue weighted by atomic mass is 9.94. The third-order valence-electron chi connectivity index (χ3n) is 5.78. The first-order valence-corrected chi connectivity index (χ1v) is 9.87. The molecule has 5 rings (SSSR count). The molecular weight excluding hydrogens is 341 g/mol. The van der Waals surface area contributed by atoms with Gasteiger partial charge in [-0.1, -0.05) is 30.3 Å². The van der Waals surface area contributed by atoms with Crippen LogP contribution >= 0.6 is 0 Å². The third kappa shape index (κ3) is 4.35. The van der Waals surface area contributed by atoms with Crippen molar-refractivity contribution < 1.29 is 9.18 Å². The van der Waals surface area contributed by atoms with Crippen LogP contribution in [-0.4, -0.2) is 52.9 Å². The van der Waals surface area contributed by atoms with E-state index in [-0.39, 0.29) is 11.9 Å². The van der Waals surface area contributed by atoms with Crippen molar-refractivity contribution in [2.75, 3.05) is 26.2 Å². The molecule has 5 heteroatoms. The van der Waals surface area contributed by atoms with Gasteiger partial charge in [0, 0.05) is 31.9 Å². The van der Waals surface area contributed by atoms with Gasteiger partial charge < -0.3 is 9.80 Å². The number of hydrogen-bond donors (Lipinski definition) is 0. The summed E-state index contributed by atoms with van der Waals surface area (Å²) in [6.07, 6.45) is 7.04. The highest BCUT2D eigenvalue weighted by Crippen LogP contribution is 2.29. The molecule has 3 fully saturated rings. The second-order valence-electron chi connectivity index (χ2n) is 7.80. The molecule has 3 aliphatic heterocycles. The Balaban J connectivity index is 1.37. The number of benzene rings is 1. The number of aryl methyl sites for hydroxylation is 1. The summed E-state index contributed by atoms with van der Waals surface area (Å²) in [7, 11) is 0. The number of aromatic nitrogens is 1. The minimum atomic E-state index is -0.455. The highest BCUT2D eigenvalue weighted by atomic mass is 19.1. The molecule has 0 N–H and O–H groups in total. The summed E-state index contributed by atoms with van der Waals surface area (Å²) in [5.74, 6) is -0.0304. The van der Waals surface area contributed by atoms with Crippen LogP contribution in [0.2, 0.25) is 0 Å². The van der Waals surface area contributed by atoms with E-state index in [9.17, 15) is 9.18 Å². The third-order valence-corrected chi connectivity index (χ3v) is 5.78. The molecule has 3 saturated heterocycles. The molecule has 2 atom stereocenters. The van der Waals surface area contributed by atoms with E-state index in [1.54, 1.807) is 0 Å². The number of carbonyl (C=O) groups excluding carboxylic acids is 1. The second kappa shape index (κ2) is 8.17. The molecule has 1 aromatic heterocycles. The van der Waals surface area contributed by atoms with Crippen LogP contribution in [0, 0.1) is 11.7 Å². The molecule has 1 amide bonds. The first-order valence-electron chi connectivity index (χ1n) is 9.87. The van der Waals surface area contributed by atoms with Gasteiger partial charge in [0.25, 0.3) is 5.91 Å². The van der Waals surface area contributed by atoms with Gasteiger partial charge in [-0.05, 0) is 49.8 Å². The number of piperidine rings is 1. The SMILES string of the molecule is O=C(c1cncc(F)c1)N1C[C@H]2CC[C@@H]1CN(CCCc1ccccc1)C2. The largest absolute Gasteiger partial charge is 0.334 e. The van der Waals surface area contributed by atoms with Gasteiger partial charge in [0.1, 0.15) is 5.82 Å². The number of amides is 1. The van der Waals surface area contributed by atoms with Gasteiger partial charge in [0.2, 0.25) is 0 Å². The molecule has 0 saturated carbocycles. The van der Waals surface area contributed by atoms with Crippen LogP contribution in [0.25, 0.3) is 0 Å². The zero-order chi connectivity index (χ0) is 18.6. The summed E-state index contributed by atoms with van der Waals surface area (Å²) in [5.41, 5.74) is 1.74. The van der Waals surface area contributed by atoms with Gasteiger partial charge >= 0.3 is 0 Å². The number of carbonyl (C=O) groups is 1. The maximum absolute atomic E-state index is 13.5. The van der Waals surface area contributed by atoms with Crippen molar-refractivity contribution in [2.24, 2.45) is 5.92 Å². The van der Waals surface area contributed by atoms with Gasteiger partial charge in [0.05, 0.1) is 11.8 Å². The Morgan fingerprint density at radius 3 is 2.78 bits per heavy atom. The van der Waals surface area contributed by atoms with Crippen molar-refractivity contribution in [3.63, 3.8) is 0 Å². The fourth-order valence-corrected chi connectivity index (χ4v) is 4.46. The van der Waals surface area contributed by atoms with Crippen LogP contribution in [0.4, 0.5) is 4.39 Å². The Morgan fingerprint density at radius 2 is 1.96 bits per heavy atom.